The standard InChI is InChI=1S/C30H36FN3O2/c1-19-12-20(2)14-22(13-19)30(4,5)29(36)33(6)27-17-32-28(34-11-7-8-24(34)18-35)16-26(27)25-10-9-23(31)15-21(25)3/h9-10,12-17,24,35H,7-8,11,18H2,1-6H3. The van der Waals surface area contributed by atoms with E-state index in [-0.39, 0.29) is 24.4 Å². The van der Waals surface area contributed by atoms with Crippen molar-refractivity contribution < 1.29 is 14.3 Å². The minimum atomic E-state index is -0.768. The van der Waals surface area contributed by atoms with Gasteiger partial charge in [0.25, 0.3) is 0 Å². The molecule has 0 radical (unpaired) electrons. The average Bonchev–Trinajstić information content (AvgIpc) is 3.31. The van der Waals surface area contributed by atoms with E-state index in [9.17, 15) is 14.3 Å². The van der Waals surface area contributed by atoms with Gasteiger partial charge >= 0.3 is 0 Å². The molecule has 0 saturated carbocycles. The number of aliphatic hydroxyl groups is 1. The van der Waals surface area contributed by atoms with E-state index in [4.69, 9.17) is 4.98 Å². The molecule has 6 heteroatoms. The Kier molecular flexibility index (Phi) is 7.19. The van der Waals surface area contributed by atoms with E-state index in [1.54, 1.807) is 24.2 Å². The maximum absolute atomic E-state index is 14.0. The first kappa shape index (κ1) is 25.8. The van der Waals surface area contributed by atoms with Crippen LogP contribution in [-0.4, -0.2) is 42.2 Å². The van der Waals surface area contributed by atoms with Crippen LogP contribution in [-0.2, 0) is 10.2 Å². The Morgan fingerprint density at radius 2 is 1.81 bits per heavy atom. The second-order valence-electron chi connectivity index (χ2n) is 10.6. The molecule has 1 N–H and O–H groups in total. The number of hydrogen-bond acceptors (Lipinski definition) is 4. The number of halogens is 1. The van der Waals surface area contributed by atoms with Crippen LogP contribution in [0.15, 0.2) is 48.7 Å². The maximum atomic E-state index is 14.0. The van der Waals surface area contributed by atoms with E-state index in [1.165, 1.54) is 12.1 Å². The summed E-state index contributed by atoms with van der Waals surface area (Å²) in [6.07, 6.45) is 3.63. The van der Waals surface area contributed by atoms with Crippen LogP contribution in [0.5, 0.6) is 0 Å². The molecule has 4 rings (SSSR count). The highest BCUT2D eigenvalue weighted by atomic mass is 19.1. The second-order valence-corrected chi connectivity index (χ2v) is 10.6. The Morgan fingerprint density at radius 1 is 1.11 bits per heavy atom. The van der Waals surface area contributed by atoms with Crippen LogP contribution in [0.4, 0.5) is 15.9 Å². The molecule has 0 aliphatic carbocycles. The number of anilines is 2. The molecule has 1 saturated heterocycles. The number of aliphatic hydroxyl groups excluding tert-OH is 1. The smallest absolute Gasteiger partial charge is 0.236 e. The van der Waals surface area contributed by atoms with E-state index in [0.29, 0.717) is 5.69 Å². The molecule has 190 valence electrons. The third-order valence-corrected chi connectivity index (χ3v) is 7.37. The summed E-state index contributed by atoms with van der Waals surface area (Å²) in [5, 5.41) is 9.85. The molecular formula is C30H36FN3O2. The number of carbonyl (C=O) groups excluding carboxylic acids is 1. The molecular weight excluding hydrogens is 453 g/mol. The number of aromatic nitrogens is 1. The Balaban J connectivity index is 1.81. The molecule has 1 aliphatic rings. The monoisotopic (exact) mass is 489 g/mol. The van der Waals surface area contributed by atoms with E-state index >= 15 is 0 Å². The SMILES string of the molecule is Cc1cc(C)cc(C(C)(C)C(=O)N(C)c2cnc(N3CCCC3CO)cc2-c2ccc(F)cc2C)c1. The lowest BCUT2D eigenvalue weighted by Crippen LogP contribution is -2.42. The molecule has 2 heterocycles. The van der Waals surface area contributed by atoms with E-state index in [0.717, 1.165) is 58.6 Å². The van der Waals surface area contributed by atoms with E-state index in [2.05, 4.69) is 23.1 Å². The highest BCUT2D eigenvalue weighted by Gasteiger charge is 2.35. The summed E-state index contributed by atoms with van der Waals surface area (Å²) in [6, 6.07) is 12.9. The third-order valence-electron chi connectivity index (χ3n) is 7.37. The van der Waals surface area contributed by atoms with E-state index < -0.39 is 5.41 Å². The van der Waals surface area contributed by atoms with Crippen LogP contribution >= 0.6 is 0 Å². The van der Waals surface area contributed by atoms with Crippen LogP contribution in [0.25, 0.3) is 11.1 Å². The predicted octanol–water partition coefficient (Wildman–Crippen LogP) is 5.71. The minimum absolute atomic E-state index is 0.0216. The van der Waals surface area contributed by atoms with Crippen molar-refractivity contribution in [2.45, 2.75) is 58.9 Å². The number of nitrogens with zero attached hydrogens (tertiary/aromatic N) is 3. The molecule has 0 bridgehead atoms. The zero-order valence-corrected chi connectivity index (χ0v) is 22.1. The van der Waals surface area contributed by atoms with Crippen LogP contribution in [0, 0.1) is 26.6 Å². The van der Waals surface area contributed by atoms with Gasteiger partial charge in [0, 0.05) is 19.2 Å². The molecule has 1 fully saturated rings. The first-order valence-corrected chi connectivity index (χ1v) is 12.5. The van der Waals surface area contributed by atoms with Crippen molar-refractivity contribution in [3.05, 3.63) is 76.7 Å². The van der Waals surface area contributed by atoms with Gasteiger partial charge in [-0.1, -0.05) is 35.4 Å². The topological polar surface area (TPSA) is 56.7 Å². The number of hydrogen-bond donors (Lipinski definition) is 1. The maximum Gasteiger partial charge on any atom is 0.236 e. The molecule has 1 aromatic heterocycles. The lowest BCUT2D eigenvalue weighted by Gasteiger charge is -2.32. The number of carbonyl (C=O) groups is 1. The lowest BCUT2D eigenvalue weighted by atomic mass is 9.81. The fourth-order valence-electron chi connectivity index (χ4n) is 5.32. The number of likely N-dealkylation sites (N-methyl/N-ethyl adjacent to an activating group) is 1. The lowest BCUT2D eigenvalue weighted by molar-refractivity contribution is -0.122. The molecule has 5 nitrogen and oxygen atoms in total. The summed E-state index contributed by atoms with van der Waals surface area (Å²) in [5.74, 6) is 0.397. The Bertz CT molecular complexity index is 1270. The van der Waals surface area contributed by atoms with E-state index in [1.807, 2.05) is 40.7 Å². The number of aryl methyl sites for hydroxylation is 3. The predicted molar refractivity (Wildman–Crippen MR) is 144 cm³/mol. The van der Waals surface area contributed by atoms with Crippen LogP contribution in [0.1, 0.15) is 48.9 Å². The van der Waals surface area contributed by atoms with Crippen molar-refractivity contribution in [1.29, 1.82) is 0 Å². The zero-order valence-electron chi connectivity index (χ0n) is 22.1. The van der Waals surface area contributed by atoms with Crippen molar-refractivity contribution in [1.82, 2.24) is 4.98 Å². The molecule has 1 aliphatic heterocycles. The van der Waals surface area contributed by atoms with Crippen molar-refractivity contribution in [3.8, 4) is 11.1 Å². The Labute approximate surface area is 213 Å². The van der Waals surface area contributed by atoms with Gasteiger partial charge in [0.1, 0.15) is 11.6 Å². The van der Waals surface area contributed by atoms with Gasteiger partial charge in [-0.2, -0.15) is 0 Å². The average molecular weight is 490 g/mol. The first-order chi connectivity index (χ1) is 17.0. The van der Waals surface area contributed by atoms with Crippen molar-refractivity contribution in [2.75, 3.05) is 30.0 Å². The fraction of sp³-hybridized carbons (Fsp3) is 0.400. The minimum Gasteiger partial charge on any atom is -0.394 e. The van der Waals surface area contributed by atoms with Crippen LogP contribution in [0.3, 0.4) is 0 Å². The van der Waals surface area contributed by atoms with Gasteiger partial charge in [0.15, 0.2) is 0 Å². The number of benzene rings is 2. The molecule has 2 aromatic carbocycles. The molecule has 1 unspecified atom stereocenters. The quantitative estimate of drug-likeness (QED) is 0.482. The normalized spacial score (nSPS) is 15.9. The van der Waals surface area contributed by atoms with Crippen molar-refractivity contribution >= 4 is 17.4 Å². The molecule has 1 amide bonds. The first-order valence-electron chi connectivity index (χ1n) is 12.5. The van der Waals surface area contributed by atoms with Gasteiger partial charge < -0.3 is 14.9 Å². The van der Waals surface area contributed by atoms with Crippen molar-refractivity contribution in [2.24, 2.45) is 0 Å². The van der Waals surface area contributed by atoms with Gasteiger partial charge in [0.2, 0.25) is 5.91 Å². The van der Waals surface area contributed by atoms with Crippen LogP contribution < -0.4 is 9.80 Å². The molecule has 3 aromatic rings. The van der Waals surface area contributed by atoms with Crippen molar-refractivity contribution in [3.63, 3.8) is 0 Å². The summed E-state index contributed by atoms with van der Waals surface area (Å²) >= 11 is 0. The highest BCUT2D eigenvalue weighted by molar-refractivity contribution is 6.03. The highest BCUT2D eigenvalue weighted by Crippen LogP contribution is 2.38. The van der Waals surface area contributed by atoms with Gasteiger partial charge in [0.05, 0.1) is 29.9 Å². The van der Waals surface area contributed by atoms with Gasteiger partial charge in [-0.05, 0) is 82.3 Å². The number of pyridine rings is 1. The van der Waals surface area contributed by atoms with Gasteiger partial charge in [-0.3, -0.25) is 4.79 Å². The molecule has 36 heavy (non-hydrogen) atoms. The number of rotatable bonds is 6. The molecule has 1 atom stereocenters. The molecule has 0 spiro atoms. The fourth-order valence-corrected chi connectivity index (χ4v) is 5.32. The zero-order chi connectivity index (χ0) is 26.2. The van der Waals surface area contributed by atoms with Gasteiger partial charge in [-0.25, -0.2) is 9.37 Å². The summed E-state index contributed by atoms with van der Waals surface area (Å²) in [4.78, 5) is 22.5. The summed E-state index contributed by atoms with van der Waals surface area (Å²) < 4.78 is 14.0. The third kappa shape index (κ3) is 4.87. The number of amides is 1. The summed E-state index contributed by atoms with van der Waals surface area (Å²) in [6.45, 7) is 10.7. The van der Waals surface area contributed by atoms with Gasteiger partial charge in [-0.15, -0.1) is 0 Å². The summed E-state index contributed by atoms with van der Waals surface area (Å²) in [7, 11) is 1.78. The Morgan fingerprint density at radius 3 is 2.44 bits per heavy atom. The van der Waals surface area contributed by atoms with Crippen LogP contribution in [0.2, 0.25) is 0 Å². The summed E-state index contributed by atoms with van der Waals surface area (Å²) in [5.41, 5.74) is 5.53. The Hall–Kier alpha value is -3.25. The second kappa shape index (κ2) is 10.0. The largest absolute Gasteiger partial charge is 0.394 e.